The van der Waals surface area contributed by atoms with Crippen LogP contribution >= 0.6 is 24.0 Å². The Balaban J connectivity index is 0.000000518. The van der Waals surface area contributed by atoms with Gasteiger partial charge in [0, 0.05) is 17.4 Å². The number of carbonyl (C=O) groups is 4. The number of unbranched alkanes of at least 4 members (excludes halogenated alkanes) is 1. The number of aliphatic carboxylic acids is 3. The first-order chi connectivity index (χ1) is 13.1. The zero-order chi connectivity index (χ0) is 21.7. The highest BCUT2D eigenvalue weighted by Crippen LogP contribution is 2.33. The molecule has 2 aliphatic rings. The van der Waals surface area contributed by atoms with Crippen LogP contribution < -0.4 is 16.4 Å². The topological polar surface area (TPSA) is 203 Å². The highest BCUT2D eigenvalue weighted by atomic mass is 32.2. The van der Waals surface area contributed by atoms with Gasteiger partial charge in [-0.3, -0.25) is 14.4 Å². The van der Waals surface area contributed by atoms with E-state index in [4.69, 9.17) is 26.5 Å². The number of carboxylic acid groups (broad SMARTS) is 3. The van der Waals surface area contributed by atoms with Gasteiger partial charge in [0.05, 0.1) is 23.7 Å². The second-order valence-corrected chi connectivity index (χ2v) is 7.38. The number of amides is 2. The number of nitrogens with two attached hydrogens (primary N) is 1. The minimum absolute atomic E-state index is 0.0640. The fourth-order valence-electron chi connectivity index (χ4n) is 2.54. The smallest absolute Gasteiger partial charge is 0.321 e. The molecule has 4 atom stereocenters. The summed E-state index contributed by atoms with van der Waals surface area (Å²) >= 11 is 5.68. The summed E-state index contributed by atoms with van der Waals surface area (Å²) in [4.78, 5) is 41.1. The Morgan fingerprint density at radius 3 is 2.32 bits per heavy atom. The molecule has 2 saturated heterocycles. The summed E-state index contributed by atoms with van der Waals surface area (Å²) in [5.41, 5.74) is 4.84. The predicted molar refractivity (Wildman–Crippen MR) is 105 cm³/mol. The molecule has 2 aliphatic heterocycles. The highest BCUT2D eigenvalue weighted by Gasteiger charge is 2.42. The summed E-state index contributed by atoms with van der Waals surface area (Å²) in [7, 11) is 0. The predicted octanol–water partition coefficient (Wildman–Crippen LogP) is 0.338. The van der Waals surface area contributed by atoms with E-state index < -0.39 is 30.4 Å². The van der Waals surface area contributed by atoms with Crippen LogP contribution in [0.5, 0.6) is 0 Å². The number of hydrogen-bond donors (Lipinski definition) is 7. The van der Waals surface area contributed by atoms with Gasteiger partial charge in [-0.25, -0.2) is 10.2 Å². The third-order valence-electron chi connectivity index (χ3n) is 3.78. The maximum Gasteiger partial charge on any atom is 0.321 e. The van der Waals surface area contributed by atoms with Crippen molar-refractivity contribution >= 4 is 53.1 Å². The molecule has 0 aromatic rings. The number of thiocarbonyl (C=S) groups is 1. The van der Waals surface area contributed by atoms with Crippen molar-refractivity contribution in [1.82, 2.24) is 10.6 Å². The molecular formula is C15H24N4O7S2. The average molecular weight is 437 g/mol. The van der Waals surface area contributed by atoms with Crippen molar-refractivity contribution < 1.29 is 34.5 Å². The average Bonchev–Trinajstić information content (AvgIpc) is 3.11. The lowest BCUT2D eigenvalue weighted by molar-refractivity contribution is -0.144. The monoisotopic (exact) mass is 436 g/mol. The lowest BCUT2D eigenvalue weighted by Gasteiger charge is -2.16. The van der Waals surface area contributed by atoms with Crippen molar-refractivity contribution in [1.29, 1.82) is 5.41 Å². The molecule has 0 unspecified atom stereocenters. The van der Waals surface area contributed by atoms with Gasteiger partial charge in [-0.2, -0.15) is 11.8 Å². The van der Waals surface area contributed by atoms with E-state index in [1.54, 1.807) is 5.16 Å². The second-order valence-electron chi connectivity index (χ2n) is 5.91. The molecule has 13 heteroatoms. The largest absolute Gasteiger partial charge is 0.481 e. The fraction of sp³-hybridized carbons (Fsp3) is 0.667. The van der Waals surface area contributed by atoms with E-state index >= 15 is 0 Å². The van der Waals surface area contributed by atoms with E-state index in [-0.39, 0.29) is 24.5 Å². The van der Waals surface area contributed by atoms with Gasteiger partial charge < -0.3 is 31.7 Å². The molecule has 2 amide bonds. The number of hydrogen-bond acceptors (Lipinski definition) is 8. The Labute approximate surface area is 170 Å². The number of carbonyl (C=O) groups excluding carboxylic acids is 1. The van der Waals surface area contributed by atoms with Crippen LogP contribution in [0.4, 0.5) is 4.79 Å². The van der Waals surface area contributed by atoms with E-state index in [0.29, 0.717) is 5.25 Å². The lowest BCUT2D eigenvalue weighted by Crippen LogP contribution is -2.36. The van der Waals surface area contributed by atoms with E-state index in [2.05, 4.69) is 22.9 Å². The molecule has 0 aromatic heterocycles. The van der Waals surface area contributed by atoms with E-state index in [0.717, 1.165) is 25.0 Å². The maximum absolute atomic E-state index is 11.1. The van der Waals surface area contributed by atoms with Crippen LogP contribution in [-0.4, -0.2) is 73.5 Å². The summed E-state index contributed by atoms with van der Waals surface area (Å²) in [5.74, 6) is -2.26. The number of thioether (sulfide) groups is 1. The standard InChI is InChI=1S/C10H16N2O3S.C4H7NO4.CHNS/c13-8(14)4-2-1-3-7-9-6(5-16-7)11-10(15)12-9;5-2(4(8)9)1-3(6)7;2-1-3/h6-7,9H,1-5H2,(H,13,14)(H2,11,12,15);2H,1,5H2,(H,6,7)(H,8,9);2H/t6-,7-,9-;2-;/m00./s1. The number of nitrogens with one attached hydrogen (secondary N) is 3. The molecule has 2 fully saturated rings. The van der Waals surface area contributed by atoms with Crippen LogP contribution in [0.25, 0.3) is 0 Å². The van der Waals surface area contributed by atoms with Crippen molar-refractivity contribution in [3.8, 4) is 0 Å². The fourth-order valence-corrected chi connectivity index (χ4v) is 4.08. The number of isothiocyanates is 1. The van der Waals surface area contributed by atoms with E-state index in [9.17, 15) is 19.2 Å². The molecule has 0 aliphatic carbocycles. The quantitative estimate of drug-likeness (QED) is 0.120. The Hall–Kier alpha value is -2.21. The van der Waals surface area contributed by atoms with Crippen molar-refractivity contribution in [3.05, 3.63) is 0 Å². The molecule has 8 N–H and O–H groups in total. The molecule has 11 nitrogen and oxygen atoms in total. The third-order valence-corrected chi connectivity index (χ3v) is 5.29. The normalized spacial score (nSPS) is 22.6. The summed E-state index contributed by atoms with van der Waals surface area (Å²) in [6.07, 6.45) is 2.35. The van der Waals surface area contributed by atoms with Crippen LogP contribution in [0.15, 0.2) is 0 Å². The summed E-state index contributed by atoms with van der Waals surface area (Å²) < 4.78 is 0. The lowest BCUT2D eigenvalue weighted by atomic mass is 10.0. The first kappa shape index (κ1) is 25.8. The van der Waals surface area contributed by atoms with Gasteiger partial charge in [-0.1, -0.05) is 6.42 Å². The molecule has 0 bridgehead atoms. The van der Waals surface area contributed by atoms with Crippen LogP contribution in [-0.2, 0) is 14.4 Å². The first-order valence-corrected chi connectivity index (χ1v) is 9.72. The Kier molecular flexibility index (Phi) is 12.8. The van der Waals surface area contributed by atoms with Crippen molar-refractivity contribution in [2.45, 2.75) is 55.5 Å². The molecule has 28 heavy (non-hydrogen) atoms. The van der Waals surface area contributed by atoms with Crippen LogP contribution in [0.2, 0.25) is 0 Å². The molecule has 0 aromatic carbocycles. The molecule has 0 radical (unpaired) electrons. The zero-order valence-electron chi connectivity index (χ0n) is 14.9. The molecule has 0 saturated carbocycles. The zero-order valence-corrected chi connectivity index (χ0v) is 16.6. The minimum Gasteiger partial charge on any atom is -0.481 e. The number of urea groups is 1. The minimum atomic E-state index is -1.29. The van der Waals surface area contributed by atoms with E-state index in [1.165, 1.54) is 0 Å². The number of fused-ring (bicyclic) bond motifs is 1. The Morgan fingerprint density at radius 2 is 1.86 bits per heavy atom. The second kappa shape index (κ2) is 13.9. The molecule has 2 heterocycles. The number of rotatable bonds is 8. The Bertz CT molecular complexity index is 599. The van der Waals surface area contributed by atoms with Gasteiger partial charge in [0.15, 0.2) is 0 Å². The van der Waals surface area contributed by atoms with Crippen molar-refractivity contribution in [2.75, 3.05) is 5.75 Å². The van der Waals surface area contributed by atoms with Crippen molar-refractivity contribution in [3.63, 3.8) is 0 Å². The molecule has 0 spiro atoms. The summed E-state index contributed by atoms with van der Waals surface area (Å²) in [5, 5.41) is 38.2. The van der Waals surface area contributed by atoms with Gasteiger partial charge in [0.1, 0.15) is 6.04 Å². The molecular weight excluding hydrogens is 412 g/mol. The van der Waals surface area contributed by atoms with Crippen LogP contribution in [0, 0.1) is 5.41 Å². The van der Waals surface area contributed by atoms with Gasteiger partial charge in [0.2, 0.25) is 0 Å². The van der Waals surface area contributed by atoms with Gasteiger partial charge >= 0.3 is 23.9 Å². The Morgan fingerprint density at radius 1 is 1.25 bits per heavy atom. The van der Waals surface area contributed by atoms with Gasteiger partial charge in [0.25, 0.3) is 0 Å². The molecule has 158 valence electrons. The first-order valence-electron chi connectivity index (χ1n) is 8.26. The van der Waals surface area contributed by atoms with Crippen LogP contribution in [0.3, 0.4) is 0 Å². The summed E-state index contributed by atoms with van der Waals surface area (Å²) in [6.45, 7) is 0. The molecule has 2 rings (SSSR count). The van der Waals surface area contributed by atoms with Crippen molar-refractivity contribution in [2.24, 2.45) is 5.73 Å². The van der Waals surface area contributed by atoms with Gasteiger partial charge in [-0.15, -0.1) is 0 Å². The van der Waals surface area contributed by atoms with Gasteiger partial charge in [-0.05, 0) is 25.1 Å². The third kappa shape index (κ3) is 10.8. The van der Waals surface area contributed by atoms with Crippen LogP contribution in [0.1, 0.15) is 32.1 Å². The number of carboxylic acids is 3. The SMILES string of the molecule is N=C=S.N[C@@H](CC(=O)O)C(=O)O.O=C(O)CCCC[C@@H]1SC[C@@H]2NC(=O)N[C@@H]21. The van der Waals surface area contributed by atoms with E-state index in [1.807, 2.05) is 11.8 Å². The highest BCUT2D eigenvalue weighted by molar-refractivity contribution is 8.00. The maximum atomic E-state index is 11.1. The summed E-state index contributed by atoms with van der Waals surface area (Å²) in [6, 6.07) is -0.849.